The van der Waals surface area contributed by atoms with Crippen LogP contribution in [-0.2, 0) is 6.42 Å². The molecular formula is C15H26N2. The highest BCUT2D eigenvalue weighted by atomic mass is 15.1. The molecule has 0 aromatic heterocycles. The average molecular weight is 234 g/mol. The molecule has 1 unspecified atom stereocenters. The molecule has 1 aromatic carbocycles. The first-order valence-electron chi connectivity index (χ1n) is 6.67. The molecule has 2 nitrogen and oxygen atoms in total. The molecule has 2 heteroatoms. The van der Waals surface area contributed by atoms with Crippen LogP contribution in [0.2, 0.25) is 0 Å². The van der Waals surface area contributed by atoms with Crippen molar-refractivity contribution in [1.29, 1.82) is 0 Å². The quantitative estimate of drug-likeness (QED) is 0.786. The maximum Gasteiger partial charge on any atom is 0.0171 e. The minimum atomic E-state index is 0.276. The van der Waals surface area contributed by atoms with Gasteiger partial charge in [0.25, 0.3) is 0 Å². The number of hydrogen-bond donors (Lipinski definition) is 1. The lowest BCUT2D eigenvalue weighted by molar-refractivity contribution is 0.216. The van der Waals surface area contributed by atoms with Crippen molar-refractivity contribution < 1.29 is 0 Å². The minimum Gasteiger partial charge on any atom is -0.327 e. The Balaban J connectivity index is 2.32. The molecule has 0 bridgehead atoms. The molecule has 96 valence electrons. The van der Waals surface area contributed by atoms with Crippen LogP contribution in [-0.4, -0.2) is 30.1 Å². The third-order valence-corrected chi connectivity index (χ3v) is 3.25. The van der Waals surface area contributed by atoms with Crippen molar-refractivity contribution in [2.45, 2.75) is 45.7 Å². The molecule has 17 heavy (non-hydrogen) atoms. The Morgan fingerprint density at radius 1 is 1.18 bits per heavy atom. The van der Waals surface area contributed by atoms with Crippen molar-refractivity contribution in [2.75, 3.05) is 13.1 Å². The molecule has 2 N–H and O–H groups in total. The molecule has 0 aliphatic heterocycles. The van der Waals surface area contributed by atoms with E-state index in [1.54, 1.807) is 0 Å². The van der Waals surface area contributed by atoms with Gasteiger partial charge < -0.3 is 5.73 Å². The Morgan fingerprint density at radius 2 is 1.82 bits per heavy atom. The Hall–Kier alpha value is -0.860. The lowest BCUT2D eigenvalue weighted by Gasteiger charge is -2.27. The van der Waals surface area contributed by atoms with Crippen LogP contribution in [0, 0.1) is 0 Å². The zero-order valence-corrected chi connectivity index (χ0v) is 11.4. The van der Waals surface area contributed by atoms with Crippen LogP contribution < -0.4 is 5.73 Å². The Kier molecular flexibility index (Phi) is 6.23. The lowest BCUT2D eigenvalue weighted by Crippen LogP contribution is -2.41. The monoisotopic (exact) mass is 234 g/mol. The van der Waals surface area contributed by atoms with Gasteiger partial charge in [0.05, 0.1) is 0 Å². The van der Waals surface area contributed by atoms with Gasteiger partial charge in [-0.2, -0.15) is 0 Å². The number of benzene rings is 1. The lowest BCUT2D eigenvalue weighted by atomic mass is 10.1. The fourth-order valence-electron chi connectivity index (χ4n) is 2.09. The van der Waals surface area contributed by atoms with E-state index in [2.05, 4.69) is 56.0 Å². The van der Waals surface area contributed by atoms with E-state index in [4.69, 9.17) is 5.73 Å². The Bertz CT molecular complexity index is 295. The molecule has 1 atom stereocenters. The fraction of sp³-hybridized carbons (Fsp3) is 0.600. The Labute approximate surface area is 106 Å². The molecular weight excluding hydrogens is 208 g/mol. The zero-order valence-electron chi connectivity index (χ0n) is 11.4. The van der Waals surface area contributed by atoms with Crippen LogP contribution in [0.5, 0.6) is 0 Å². The first-order chi connectivity index (χ1) is 8.13. The topological polar surface area (TPSA) is 29.3 Å². The summed E-state index contributed by atoms with van der Waals surface area (Å²) in [6.07, 6.45) is 2.14. The fourth-order valence-corrected chi connectivity index (χ4v) is 2.09. The first-order valence-corrected chi connectivity index (χ1v) is 6.67. The molecule has 1 rings (SSSR count). The van der Waals surface area contributed by atoms with Gasteiger partial charge in [-0.25, -0.2) is 0 Å². The van der Waals surface area contributed by atoms with Crippen molar-refractivity contribution in [3.63, 3.8) is 0 Å². The molecule has 0 radical (unpaired) electrons. The summed E-state index contributed by atoms with van der Waals surface area (Å²) in [5.41, 5.74) is 7.58. The standard InChI is InChI=1S/C15H26N2/c1-4-17(13(2)3)12-15(16)11-10-14-8-6-5-7-9-14/h5-9,13,15H,4,10-12,16H2,1-3H3. The van der Waals surface area contributed by atoms with Crippen LogP contribution in [0.4, 0.5) is 0 Å². The molecule has 1 aromatic rings. The van der Waals surface area contributed by atoms with Crippen molar-refractivity contribution >= 4 is 0 Å². The highest BCUT2D eigenvalue weighted by molar-refractivity contribution is 5.14. The van der Waals surface area contributed by atoms with Gasteiger partial charge in [-0.15, -0.1) is 0 Å². The largest absolute Gasteiger partial charge is 0.327 e. The SMILES string of the molecule is CCN(CC(N)CCc1ccccc1)C(C)C. The van der Waals surface area contributed by atoms with Gasteiger partial charge in [0.2, 0.25) is 0 Å². The summed E-state index contributed by atoms with van der Waals surface area (Å²) in [6, 6.07) is 11.4. The smallest absolute Gasteiger partial charge is 0.0171 e. The van der Waals surface area contributed by atoms with Crippen molar-refractivity contribution in [1.82, 2.24) is 4.90 Å². The summed E-state index contributed by atoms with van der Waals surface area (Å²) < 4.78 is 0. The summed E-state index contributed by atoms with van der Waals surface area (Å²) in [5.74, 6) is 0. The number of nitrogens with two attached hydrogens (primary N) is 1. The van der Waals surface area contributed by atoms with E-state index in [1.807, 2.05) is 0 Å². The molecule has 0 fully saturated rings. The molecule has 0 heterocycles. The van der Waals surface area contributed by atoms with Crippen LogP contribution in [0.15, 0.2) is 30.3 Å². The van der Waals surface area contributed by atoms with E-state index >= 15 is 0 Å². The zero-order chi connectivity index (χ0) is 12.7. The van der Waals surface area contributed by atoms with Crippen LogP contribution in [0.3, 0.4) is 0 Å². The predicted octanol–water partition coefficient (Wildman–Crippen LogP) is 2.68. The van der Waals surface area contributed by atoms with Crippen molar-refractivity contribution in [3.8, 4) is 0 Å². The van der Waals surface area contributed by atoms with Crippen LogP contribution in [0.1, 0.15) is 32.8 Å². The van der Waals surface area contributed by atoms with E-state index in [0.29, 0.717) is 6.04 Å². The summed E-state index contributed by atoms with van der Waals surface area (Å²) >= 11 is 0. The van der Waals surface area contributed by atoms with Crippen molar-refractivity contribution in [2.24, 2.45) is 5.73 Å². The first kappa shape index (κ1) is 14.2. The number of aryl methyl sites for hydroxylation is 1. The molecule has 0 spiro atoms. The van der Waals surface area contributed by atoms with Gasteiger partial charge in [-0.05, 0) is 38.8 Å². The highest BCUT2D eigenvalue weighted by Crippen LogP contribution is 2.06. The average Bonchev–Trinajstić information content (AvgIpc) is 2.34. The normalized spacial score (nSPS) is 13.3. The van der Waals surface area contributed by atoms with E-state index < -0.39 is 0 Å². The molecule has 0 aliphatic rings. The molecule has 0 amide bonds. The van der Waals surface area contributed by atoms with E-state index in [1.165, 1.54) is 5.56 Å². The van der Waals surface area contributed by atoms with Gasteiger partial charge in [0, 0.05) is 18.6 Å². The number of likely N-dealkylation sites (N-methyl/N-ethyl adjacent to an activating group) is 1. The second-order valence-corrected chi connectivity index (χ2v) is 4.97. The second kappa shape index (κ2) is 7.46. The number of rotatable bonds is 7. The number of nitrogens with zero attached hydrogens (tertiary/aromatic N) is 1. The van der Waals surface area contributed by atoms with Crippen molar-refractivity contribution in [3.05, 3.63) is 35.9 Å². The van der Waals surface area contributed by atoms with E-state index in [9.17, 15) is 0 Å². The number of hydrogen-bond acceptors (Lipinski definition) is 2. The van der Waals surface area contributed by atoms with Gasteiger partial charge in [-0.3, -0.25) is 4.90 Å². The summed E-state index contributed by atoms with van der Waals surface area (Å²) in [7, 11) is 0. The third-order valence-electron chi connectivity index (χ3n) is 3.25. The van der Waals surface area contributed by atoms with Gasteiger partial charge in [-0.1, -0.05) is 37.3 Å². The second-order valence-electron chi connectivity index (χ2n) is 4.97. The van der Waals surface area contributed by atoms with Gasteiger partial charge in [0.1, 0.15) is 0 Å². The molecule has 0 aliphatic carbocycles. The maximum atomic E-state index is 6.19. The van der Waals surface area contributed by atoms with Crippen LogP contribution >= 0.6 is 0 Å². The predicted molar refractivity (Wildman–Crippen MR) is 75.1 cm³/mol. The summed E-state index contributed by atoms with van der Waals surface area (Å²) in [6.45, 7) is 8.74. The minimum absolute atomic E-state index is 0.276. The van der Waals surface area contributed by atoms with Gasteiger partial charge in [0.15, 0.2) is 0 Å². The van der Waals surface area contributed by atoms with E-state index in [0.717, 1.165) is 25.9 Å². The summed E-state index contributed by atoms with van der Waals surface area (Å²) in [4.78, 5) is 2.43. The van der Waals surface area contributed by atoms with E-state index in [-0.39, 0.29) is 6.04 Å². The summed E-state index contributed by atoms with van der Waals surface area (Å²) in [5, 5.41) is 0. The maximum absolute atomic E-state index is 6.19. The van der Waals surface area contributed by atoms with Gasteiger partial charge >= 0.3 is 0 Å². The highest BCUT2D eigenvalue weighted by Gasteiger charge is 2.11. The molecule has 0 saturated heterocycles. The molecule has 0 saturated carbocycles. The van der Waals surface area contributed by atoms with Crippen LogP contribution in [0.25, 0.3) is 0 Å². The Morgan fingerprint density at radius 3 is 2.35 bits per heavy atom. The third kappa shape index (κ3) is 5.33.